The first-order chi connectivity index (χ1) is 11.5. The average Bonchev–Trinajstić information content (AvgIpc) is 3.08. The van der Waals surface area contributed by atoms with Gasteiger partial charge in [0, 0.05) is 12.5 Å². The Hall–Kier alpha value is -0.680. The van der Waals surface area contributed by atoms with Crippen LogP contribution >= 0.6 is 0 Å². The molecule has 138 valence electrons. The number of piperidine rings is 1. The highest BCUT2D eigenvalue weighted by Crippen LogP contribution is 2.34. The van der Waals surface area contributed by atoms with Crippen molar-refractivity contribution in [3.8, 4) is 0 Å². The van der Waals surface area contributed by atoms with Gasteiger partial charge in [-0.1, -0.05) is 25.7 Å². The third-order valence-electron chi connectivity index (χ3n) is 6.41. The van der Waals surface area contributed by atoms with Crippen LogP contribution in [-0.2, 0) is 0 Å². The zero-order valence-corrected chi connectivity index (χ0v) is 16.4. The third kappa shape index (κ3) is 3.77. The molecule has 2 unspecified atom stereocenters. The smallest absolute Gasteiger partial charge is 0.0971 e. The monoisotopic (exact) mass is 334 g/mol. The van der Waals surface area contributed by atoms with Gasteiger partial charge < -0.3 is 4.90 Å². The largest absolute Gasteiger partial charge is 0.306 e. The zero-order chi connectivity index (χ0) is 17.7. The molecule has 0 aliphatic carbocycles. The van der Waals surface area contributed by atoms with Gasteiger partial charge in [0.05, 0.1) is 11.8 Å². The Balaban J connectivity index is 2.23. The fraction of sp³-hybridized carbons (Fsp3) is 0.800. The van der Waals surface area contributed by atoms with Gasteiger partial charge in [-0.3, -0.25) is 14.7 Å². The van der Waals surface area contributed by atoms with Crippen molar-refractivity contribution in [1.82, 2.24) is 19.6 Å². The van der Waals surface area contributed by atoms with E-state index in [2.05, 4.69) is 73.0 Å². The molecular formula is C20H38N4. The van der Waals surface area contributed by atoms with Crippen molar-refractivity contribution in [2.45, 2.75) is 56.9 Å². The molecule has 0 aromatic rings. The number of nitrogens with zero attached hydrogens (tertiary/aromatic N) is 4. The van der Waals surface area contributed by atoms with Crippen molar-refractivity contribution in [1.29, 1.82) is 0 Å². The lowest BCUT2D eigenvalue weighted by Crippen LogP contribution is -2.64. The summed E-state index contributed by atoms with van der Waals surface area (Å²) >= 11 is 0. The van der Waals surface area contributed by atoms with Crippen molar-refractivity contribution in [2.75, 3.05) is 47.3 Å². The minimum absolute atomic E-state index is 0.148. The first kappa shape index (κ1) is 19.6. The van der Waals surface area contributed by atoms with E-state index >= 15 is 0 Å². The highest BCUT2D eigenvalue weighted by molar-refractivity contribution is 5.09. The molecule has 4 nitrogen and oxygen atoms in total. The van der Waals surface area contributed by atoms with Crippen molar-refractivity contribution in [2.24, 2.45) is 0 Å². The summed E-state index contributed by atoms with van der Waals surface area (Å²) in [5.74, 6) is 0. The molecule has 0 saturated carbocycles. The number of hydrogen-bond acceptors (Lipinski definition) is 4. The maximum atomic E-state index is 4.27. The number of hydrogen-bond donors (Lipinski definition) is 0. The van der Waals surface area contributed by atoms with Gasteiger partial charge >= 0.3 is 0 Å². The van der Waals surface area contributed by atoms with Crippen molar-refractivity contribution in [3.05, 3.63) is 25.3 Å². The van der Waals surface area contributed by atoms with Gasteiger partial charge in [-0.2, -0.15) is 0 Å². The van der Waals surface area contributed by atoms with E-state index in [1.54, 1.807) is 0 Å². The van der Waals surface area contributed by atoms with Crippen LogP contribution in [0.25, 0.3) is 0 Å². The molecule has 2 fully saturated rings. The predicted octanol–water partition coefficient (Wildman–Crippen LogP) is 2.84. The SMILES string of the molecule is C=CCC(C=C)(N(C)C1CCN(C)CC1)N(C)C1CCCN1CC. The summed E-state index contributed by atoms with van der Waals surface area (Å²) in [4.78, 5) is 10.2. The molecule has 0 spiro atoms. The summed E-state index contributed by atoms with van der Waals surface area (Å²) in [6, 6.07) is 0.609. The van der Waals surface area contributed by atoms with Gasteiger partial charge in [0.1, 0.15) is 0 Å². The van der Waals surface area contributed by atoms with Crippen molar-refractivity contribution >= 4 is 0 Å². The highest BCUT2D eigenvalue weighted by atomic mass is 15.5. The van der Waals surface area contributed by atoms with E-state index in [4.69, 9.17) is 0 Å². The number of rotatable bonds is 8. The summed E-state index contributed by atoms with van der Waals surface area (Å²) in [6.07, 6.45) is 10.7. The Bertz CT molecular complexity index is 416. The molecular weight excluding hydrogens is 296 g/mol. The molecule has 0 aromatic carbocycles. The lowest BCUT2D eigenvalue weighted by atomic mass is 9.94. The Kier molecular flexibility index (Phi) is 7.05. The van der Waals surface area contributed by atoms with Crippen molar-refractivity contribution in [3.63, 3.8) is 0 Å². The molecule has 2 aliphatic heterocycles. The van der Waals surface area contributed by atoms with Crippen LogP contribution in [0, 0.1) is 0 Å². The topological polar surface area (TPSA) is 13.0 Å². The molecule has 2 aliphatic rings. The quantitative estimate of drug-likeness (QED) is 0.500. The van der Waals surface area contributed by atoms with Gasteiger partial charge in [0.2, 0.25) is 0 Å². The molecule has 0 aromatic heterocycles. The lowest BCUT2D eigenvalue weighted by Gasteiger charge is -2.53. The second-order valence-electron chi connectivity index (χ2n) is 7.58. The van der Waals surface area contributed by atoms with Gasteiger partial charge in [0.15, 0.2) is 0 Å². The van der Waals surface area contributed by atoms with Crippen LogP contribution < -0.4 is 0 Å². The van der Waals surface area contributed by atoms with Crippen LogP contribution in [0.2, 0.25) is 0 Å². The second kappa shape index (κ2) is 8.61. The van der Waals surface area contributed by atoms with E-state index in [0.717, 1.165) is 13.0 Å². The van der Waals surface area contributed by atoms with Gasteiger partial charge in [-0.05, 0) is 73.0 Å². The molecule has 2 rings (SSSR count). The Morgan fingerprint density at radius 1 is 1.08 bits per heavy atom. The Morgan fingerprint density at radius 3 is 2.29 bits per heavy atom. The standard InChI is InChI=1S/C20H38N4/c1-7-14-20(8-2,22(5)18-12-16-21(4)17-13-18)23(6)19-11-10-15-24(19)9-3/h7-8,18-19H,1-2,9-17H2,3-6H3. The average molecular weight is 335 g/mol. The van der Waals surface area contributed by atoms with E-state index in [9.17, 15) is 0 Å². The summed E-state index contributed by atoms with van der Waals surface area (Å²) < 4.78 is 0. The second-order valence-corrected chi connectivity index (χ2v) is 7.58. The summed E-state index contributed by atoms with van der Waals surface area (Å²) in [6.45, 7) is 15.3. The van der Waals surface area contributed by atoms with E-state index in [-0.39, 0.29) is 5.66 Å². The maximum Gasteiger partial charge on any atom is 0.0971 e. The van der Waals surface area contributed by atoms with Crippen molar-refractivity contribution < 1.29 is 0 Å². The molecule has 2 atom stereocenters. The summed E-state index contributed by atoms with van der Waals surface area (Å²) in [7, 11) is 6.81. The molecule has 4 heteroatoms. The van der Waals surface area contributed by atoms with Crippen LogP contribution in [0.1, 0.15) is 39.0 Å². The van der Waals surface area contributed by atoms with Crippen LogP contribution in [0.3, 0.4) is 0 Å². The van der Waals surface area contributed by atoms with E-state index in [0.29, 0.717) is 12.2 Å². The molecule has 2 heterocycles. The first-order valence-electron chi connectivity index (χ1n) is 9.63. The van der Waals surface area contributed by atoms with E-state index in [1.165, 1.54) is 45.3 Å². The highest BCUT2D eigenvalue weighted by Gasteiger charge is 2.43. The summed E-state index contributed by atoms with van der Waals surface area (Å²) in [5.41, 5.74) is -0.148. The molecule has 2 saturated heterocycles. The van der Waals surface area contributed by atoms with Gasteiger partial charge in [0.25, 0.3) is 0 Å². The zero-order valence-electron chi connectivity index (χ0n) is 16.4. The Labute approximate surface area is 149 Å². The first-order valence-corrected chi connectivity index (χ1v) is 9.63. The fourth-order valence-electron chi connectivity index (χ4n) is 4.69. The van der Waals surface area contributed by atoms with Gasteiger partial charge in [-0.15, -0.1) is 6.58 Å². The molecule has 0 N–H and O–H groups in total. The molecule has 0 amide bonds. The fourth-order valence-corrected chi connectivity index (χ4v) is 4.69. The van der Waals surface area contributed by atoms with E-state index in [1.807, 2.05) is 0 Å². The van der Waals surface area contributed by atoms with Crippen LogP contribution in [0.15, 0.2) is 25.3 Å². The predicted molar refractivity (Wildman–Crippen MR) is 104 cm³/mol. The van der Waals surface area contributed by atoms with Crippen LogP contribution in [0.5, 0.6) is 0 Å². The summed E-state index contributed by atoms with van der Waals surface area (Å²) in [5, 5.41) is 0. The van der Waals surface area contributed by atoms with Gasteiger partial charge in [-0.25, -0.2) is 0 Å². The third-order valence-corrected chi connectivity index (χ3v) is 6.41. The minimum Gasteiger partial charge on any atom is -0.306 e. The van der Waals surface area contributed by atoms with E-state index < -0.39 is 0 Å². The van der Waals surface area contributed by atoms with Crippen LogP contribution in [0.4, 0.5) is 0 Å². The minimum atomic E-state index is -0.148. The number of likely N-dealkylation sites (N-methyl/N-ethyl adjacent to an activating group) is 2. The Morgan fingerprint density at radius 2 is 1.75 bits per heavy atom. The normalized spacial score (nSPS) is 26.8. The maximum absolute atomic E-state index is 4.27. The molecule has 0 bridgehead atoms. The lowest BCUT2D eigenvalue weighted by molar-refractivity contribution is -0.0773. The molecule has 0 radical (unpaired) electrons. The molecule has 24 heavy (non-hydrogen) atoms. The van der Waals surface area contributed by atoms with Crippen LogP contribution in [-0.4, -0.2) is 84.8 Å². The number of likely N-dealkylation sites (tertiary alicyclic amines) is 2.